The molecule has 0 fully saturated rings. The Bertz CT molecular complexity index is 192. The number of hydrogen-bond donors (Lipinski definition) is 0. The molecule has 0 unspecified atom stereocenters. The fourth-order valence-electron chi connectivity index (χ4n) is 1.71. The number of allylic oxidation sites excluding steroid dienone is 8. The van der Waals surface area contributed by atoms with Gasteiger partial charge in [0, 0.05) is 0 Å². The summed E-state index contributed by atoms with van der Waals surface area (Å²) in [6, 6.07) is 0. The van der Waals surface area contributed by atoms with Gasteiger partial charge < -0.3 is 0 Å². The average Bonchev–Trinajstić information content (AvgIpc) is 2.42. The molecule has 0 saturated carbocycles. The summed E-state index contributed by atoms with van der Waals surface area (Å²) in [4.78, 5) is 0. The summed E-state index contributed by atoms with van der Waals surface area (Å²) < 4.78 is 0. The molecule has 2 aliphatic rings. The van der Waals surface area contributed by atoms with Crippen molar-refractivity contribution < 1.29 is 29.6 Å². The van der Waals surface area contributed by atoms with Gasteiger partial charge in [-0.05, 0) is 51.4 Å². The van der Waals surface area contributed by atoms with Crippen molar-refractivity contribution in [1.82, 2.24) is 0 Å². The van der Waals surface area contributed by atoms with E-state index in [2.05, 4.69) is 118 Å². The average molecular weight is 672 g/mol. The van der Waals surface area contributed by atoms with Crippen molar-refractivity contribution in [3.63, 3.8) is 0 Å². The third-order valence-electron chi connectivity index (χ3n) is 2.67. The second-order valence-corrected chi connectivity index (χ2v) is 4.20. The Morgan fingerprint density at radius 2 is 0.450 bits per heavy atom. The predicted molar refractivity (Wildman–Crippen MR) is 102 cm³/mol. The van der Waals surface area contributed by atoms with E-state index in [0.29, 0.717) is 0 Å². The molecule has 0 amide bonds. The van der Waals surface area contributed by atoms with Gasteiger partial charge in [0.15, 0.2) is 0 Å². The first-order valence-corrected chi connectivity index (χ1v) is 17.2. The van der Waals surface area contributed by atoms with Crippen LogP contribution in [0.15, 0.2) is 48.6 Å². The number of hydrogen-bond acceptors (Lipinski definition) is 0. The van der Waals surface area contributed by atoms with Crippen LogP contribution in [0.5, 0.6) is 0 Å². The van der Waals surface area contributed by atoms with E-state index >= 15 is 0 Å². The molecule has 118 valence electrons. The van der Waals surface area contributed by atoms with E-state index in [1.54, 1.807) is 0 Å². The third kappa shape index (κ3) is 22.0. The Balaban J connectivity index is 0. The molecule has 0 atom stereocenters. The fraction of sp³-hybridized carbons (Fsp3) is 0.500. The van der Waals surface area contributed by atoms with Crippen LogP contribution in [0, 0.1) is 0 Å². The van der Waals surface area contributed by atoms with Gasteiger partial charge in [-0.15, -0.1) is 0 Å². The summed E-state index contributed by atoms with van der Waals surface area (Å²) in [5, 5.41) is 0. The second-order valence-electron chi connectivity index (χ2n) is 4.20. The summed E-state index contributed by atoms with van der Waals surface area (Å²) >= 11 is 8.80. The van der Waals surface area contributed by atoms with Gasteiger partial charge in [0.05, 0.1) is 0 Å². The summed E-state index contributed by atoms with van der Waals surface area (Å²) in [5.41, 5.74) is 0. The Morgan fingerprint density at radius 1 is 0.350 bits per heavy atom. The van der Waals surface area contributed by atoms with E-state index in [9.17, 15) is 0 Å². The summed E-state index contributed by atoms with van der Waals surface area (Å²) in [6.07, 6.45) is 28.0. The molecular weight excluding hydrogens is 648 g/mol. The molecular formula is C16H24I2Ru2. The van der Waals surface area contributed by atoms with Gasteiger partial charge >= 0.3 is 69.1 Å². The monoisotopic (exact) mass is 674 g/mol. The van der Waals surface area contributed by atoms with Gasteiger partial charge in [0.2, 0.25) is 0 Å². The van der Waals surface area contributed by atoms with Crippen molar-refractivity contribution in [2.24, 2.45) is 0 Å². The molecule has 4 heteroatoms. The maximum atomic E-state index is 2.32. The first kappa shape index (κ1) is 23.9. The molecule has 2 aliphatic carbocycles. The van der Waals surface area contributed by atoms with Crippen LogP contribution in [0.25, 0.3) is 0 Å². The van der Waals surface area contributed by atoms with Gasteiger partial charge in [-0.1, -0.05) is 48.6 Å². The van der Waals surface area contributed by atoms with Crippen LogP contribution in [0.1, 0.15) is 51.4 Å². The molecule has 0 bridgehead atoms. The van der Waals surface area contributed by atoms with E-state index in [1.807, 2.05) is 0 Å². The quantitative estimate of drug-likeness (QED) is 0.146. The van der Waals surface area contributed by atoms with Crippen LogP contribution < -0.4 is 0 Å². The summed E-state index contributed by atoms with van der Waals surface area (Å²) in [6.45, 7) is 0. The molecule has 0 N–H and O–H groups in total. The SMILES string of the molecule is C1=C\CC/C=C\CC/1.C1=C\CC/C=C\CC/1.[Ru][I].[Ru][I]. The van der Waals surface area contributed by atoms with Gasteiger partial charge in [0.25, 0.3) is 0 Å². The first-order chi connectivity index (χ1) is 10.0. The fourth-order valence-corrected chi connectivity index (χ4v) is 1.71. The van der Waals surface area contributed by atoms with E-state index in [1.165, 1.54) is 51.4 Å². The maximum absolute atomic E-state index is 2.32. The molecule has 0 spiro atoms. The summed E-state index contributed by atoms with van der Waals surface area (Å²) in [5.74, 6) is 0. The van der Waals surface area contributed by atoms with Crippen LogP contribution in [-0.2, 0) is 29.6 Å². The van der Waals surface area contributed by atoms with E-state index in [-0.39, 0.29) is 0 Å². The van der Waals surface area contributed by atoms with Crippen molar-refractivity contribution in [3.05, 3.63) is 48.6 Å². The van der Waals surface area contributed by atoms with Gasteiger partial charge in [-0.3, -0.25) is 0 Å². The molecule has 0 aromatic carbocycles. The van der Waals surface area contributed by atoms with Crippen molar-refractivity contribution in [1.29, 1.82) is 0 Å². The van der Waals surface area contributed by atoms with Crippen molar-refractivity contribution in [3.8, 4) is 0 Å². The second kappa shape index (κ2) is 25.6. The zero-order valence-corrected chi connectivity index (χ0v) is 19.5. The van der Waals surface area contributed by atoms with E-state index in [0.717, 1.165) is 0 Å². The van der Waals surface area contributed by atoms with Crippen LogP contribution >= 0.6 is 39.5 Å². The van der Waals surface area contributed by atoms with Crippen molar-refractivity contribution in [2.45, 2.75) is 51.4 Å². The van der Waals surface area contributed by atoms with Crippen LogP contribution in [0.4, 0.5) is 0 Å². The zero-order chi connectivity index (χ0) is 15.3. The van der Waals surface area contributed by atoms with Gasteiger partial charge in [-0.25, -0.2) is 0 Å². The molecule has 0 saturated heterocycles. The molecule has 0 nitrogen and oxygen atoms in total. The topological polar surface area (TPSA) is 0 Å². The van der Waals surface area contributed by atoms with Gasteiger partial charge in [-0.2, -0.15) is 0 Å². The Kier molecular flexibility index (Phi) is 30.6. The zero-order valence-electron chi connectivity index (χ0n) is 11.7. The standard InChI is InChI=1S/2C8H12.2HI.2Ru/c2*1-2-4-6-8-7-5-3-1;;;;/h2*1-2,7-8H,3-6H2;2*1H;;/q;;;;2*+1/p-2/b2*2-1-,8-7-;;;;. The minimum atomic E-state index is 1.23. The van der Waals surface area contributed by atoms with Gasteiger partial charge in [0.1, 0.15) is 0 Å². The number of halogens is 2. The van der Waals surface area contributed by atoms with E-state index in [4.69, 9.17) is 0 Å². The van der Waals surface area contributed by atoms with Crippen LogP contribution in [-0.4, -0.2) is 0 Å². The first-order valence-electron chi connectivity index (χ1n) is 6.87. The minimum absolute atomic E-state index is 1.23. The molecule has 0 radical (unpaired) electrons. The molecule has 0 aliphatic heterocycles. The molecule has 20 heavy (non-hydrogen) atoms. The molecule has 0 heterocycles. The molecule has 2 rings (SSSR count). The van der Waals surface area contributed by atoms with Crippen molar-refractivity contribution >= 4 is 39.5 Å². The Morgan fingerprint density at radius 3 is 0.550 bits per heavy atom. The Labute approximate surface area is 167 Å². The normalized spacial score (nSPS) is 23.0. The number of rotatable bonds is 0. The summed E-state index contributed by atoms with van der Waals surface area (Å²) in [7, 11) is 0. The van der Waals surface area contributed by atoms with Crippen LogP contribution in [0.2, 0.25) is 0 Å². The molecule has 0 aromatic rings. The predicted octanol–water partition coefficient (Wildman–Crippen LogP) is 7.11. The van der Waals surface area contributed by atoms with Crippen molar-refractivity contribution in [2.75, 3.05) is 0 Å². The van der Waals surface area contributed by atoms with Crippen LogP contribution in [0.3, 0.4) is 0 Å². The van der Waals surface area contributed by atoms with E-state index < -0.39 is 0 Å². The third-order valence-corrected chi connectivity index (χ3v) is 2.67. The Hall–Kier alpha value is 1.67. The molecule has 0 aromatic heterocycles.